The molecule has 0 radical (unpaired) electrons. The fourth-order valence-electron chi connectivity index (χ4n) is 18.7. The zero-order chi connectivity index (χ0) is 84.8. The summed E-state index contributed by atoms with van der Waals surface area (Å²) >= 11 is 0. The molecule has 0 bridgehead atoms. The molecule has 118 heavy (non-hydrogen) atoms. The van der Waals surface area contributed by atoms with Crippen LogP contribution in [0.2, 0.25) is 0 Å². The van der Waals surface area contributed by atoms with E-state index in [1.165, 1.54) is 99.3 Å². The molecule has 10 aromatic rings. The summed E-state index contributed by atoms with van der Waals surface area (Å²) in [5, 5.41) is 50.1. The fourth-order valence-corrected chi connectivity index (χ4v) is 18.7. The first kappa shape index (κ1) is 89.3. The lowest BCUT2D eigenvalue weighted by Gasteiger charge is -2.47. The lowest BCUT2D eigenvalue weighted by Crippen LogP contribution is -2.51. The van der Waals surface area contributed by atoms with E-state index in [1.54, 1.807) is 12.1 Å². The van der Waals surface area contributed by atoms with E-state index in [9.17, 15) is 20.4 Å². The van der Waals surface area contributed by atoms with E-state index in [2.05, 4.69) is 270 Å². The molecule has 628 valence electrons. The smallest absolute Gasteiger partial charge is 0.121 e. The Hall–Kier alpha value is -9.48. The van der Waals surface area contributed by atoms with Gasteiger partial charge in [0.1, 0.15) is 34.5 Å². The van der Waals surface area contributed by atoms with Crippen LogP contribution in [0.15, 0.2) is 158 Å². The number of hydrogen-bond donors (Lipinski definition) is 4. The van der Waals surface area contributed by atoms with E-state index in [1.807, 2.05) is 24.3 Å². The van der Waals surface area contributed by atoms with E-state index in [-0.39, 0.29) is 11.5 Å². The van der Waals surface area contributed by atoms with Crippen LogP contribution in [0.5, 0.6) is 34.5 Å². The minimum atomic E-state index is -1.15. The third-order valence-corrected chi connectivity index (χ3v) is 25.8. The van der Waals surface area contributed by atoms with Gasteiger partial charge in [0.05, 0.1) is 38.6 Å². The van der Waals surface area contributed by atoms with Crippen molar-refractivity contribution in [3.8, 4) is 79.0 Å². The molecule has 1 aliphatic rings. The van der Waals surface area contributed by atoms with Gasteiger partial charge >= 0.3 is 0 Å². The molecule has 0 spiro atoms. The van der Waals surface area contributed by atoms with Crippen molar-refractivity contribution in [3.05, 3.63) is 236 Å². The average Bonchev–Trinajstić information content (AvgIpc) is 0.734. The minimum Gasteiger partial charge on any atom is -0.508 e. The molecule has 0 amide bonds. The van der Waals surface area contributed by atoms with Gasteiger partial charge in [-0.2, -0.15) is 0 Å². The Balaban J connectivity index is 0.914. The summed E-state index contributed by atoms with van der Waals surface area (Å²) in [7, 11) is 0. The highest BCUT2D eigenvalue weighted by atomic mass is 16.5. The summed E-state index contributed by atoms with van der Waals surface area (Å²) in [6.45, 7) is 46.9. The summed E-state index contributed by atoms with van der Waals surface area (Å²) in [4.78, 5) is 4.43. The molecule has 4 unspecified atom stereocenters. The second kappa shape index (κ2) is 41.0. The number of rotatable bonds is 40. The summed E-state index contributed by atoms with van der Waals surface area (Å²) in [6, 6.07) is 55.2. The van der Waals surface area contributed by atoms with Crippen LogP contribution in [-0.2, 0) is 0 Å². The Bertz CT molecular complexity index is 4410. The predicted molar refractivity (Wildman–Crippen MR) is 497 cm³/mol. The maximum atomic E-state index is 12.5. The van der Waals surface area contributed by atoms with Gasteiger partial charge in [0, 0.05) is 69.2 Å². The third-order valence-electron chi connectivity index (χ3n) is 25.8. The molecule has 4 N–H and O–H groups in total. The molecule has 10 nitrogen and oxygen atoms in total. The zero-order valence-corrected chi connectivity index (χ0v) is 75.1. The van der Waals surface area contributed by atoms with Crippen molar-refractivity contribution < 1.29 is 39.4 Å². The molecule has 4 atom stereocenters. The van der Waals surface area contributed by atoms with Crippen molar-refractivity contribution in [2.75, 3.05) is 36.2 Å². The zero-order valence-electron chi connectivity index (χ0n) is 75.1. The first-order valence-electron chi connectivity index (χ1n) is 44.8. The highest BCUT2D eigenvalue weighted by Gasteiger charge is 2.52. The van der Waals surface area contributed by atoms with Crippen LogP contribution >= 0.6 is 0 Å². The van der Waals surface area contributed by atoms with Gasteiger partial charge in [-0.3, -0.25) is 0 Å². The van der Waals surface area contributed by atoms with Crippen molar-refractivity contribution in [1.29, 1.82) is 0 Å². The lowest BCUT2D eigenvalue weighted by molar-refractivity contribution is -0.0797. The Labute approximate surface area is 709 Å². The number of nitrogens with zero attached hydrogens (tertiary/aromatic N) is 2. The molecular weight excluding hydrogens is 1450 g/mol. The number of ether oxygens (including phenoxy) is 4. The quantitative estimate of drug-likeness (QED) is 0.0295. The van der Waals surface area contributed by atoms with Crippen molar-refractivity contribution in [2.24, 2.45) is 23.7 Å². The Morgan fingerprint density at radius 3 is 0.686 bits per heavy atom. The Morgan fingerprint density at radius 2 is 0.500 bits per heavy atom. The van der Waals surface area contributed by atoms with Crippen LogP contribution in [0.3, 0.4) is 0 Å². The third kappa shape index (κ3) is 20.5. The molecular formula is C108H138N2O8. The van der Waals surface area contributed by atoms with Gasteiger partial charge in [-0.05, 0) is 353 Å². The summed E-state index contributed by atoms with van der Waals surface area (Å²) in [5.41, 5.74) is 28.4. The lowest BCUT2D eigenvalue weighted by atomic mass is 9.63. The van der Waals surface area contributed by atoms with E-state index < -0.39 is 24.0 Å². The second-order valence-corrected chi connectivity index (χ2v) is 34.8. The van der Waals surface area contributed by atoms with Crippen molar-refractivity contribution in [3.63, 3.8) is 0 Å². The van der Waals surface area contributed by atoms with Crippen LogP contribution in [-0.4, -0.2) is 59.1 Å². The van der Waals surface area contributed by atoms with Gasteiger partial charge < -0.3 is 49.2 Å². The highest BCUT2D eigenvalue weighted by Crippen LogP contribution is 2.55. The summed E-state index contributed by atoms with van der Waals surface area (Å²) in [5.74, 6) is 3.91. The largest absolute Gasteiger partial charge is 0.508 e. The fraction of sp³-hybridized carbons (Fsp3) is 0.444. The monoisotopic (exact) mass is 1590 g/mol. The normalized spacial score (nSPS) is 15.6. The van der Waals surface area contributed by atoms with Crippen LogP contribution in [0.1, 0.15) is 248 Å². The molecule has 0 saturated heterocycles. The maximum Gasteiger partial charge on any atom is 0.121 e. The number of phenolic OH excluding ortho intramolecular Hbond substituents is 2. The van der Waals surface area contributed by atoms with Crippen molar-refractivity contribution >= 4 is 34.1 Å². The van der Waals surface area contributed by atoms with Crippen LogP contribution in [0.4, 0.5) is 34.1 Å². The Kier molecular flexibility index (Phi) is 31.0. The molecule has 0 aromatic heterocycles. The van der Waals surface area contributed by atoms with E-state index in [4.69, 9.17) is 18.9 Å². The topological polar surface area (TPSA) is 124 Å². The van der Waals surface area contributed by atoms with E-state index >= 15 is 0 Å². The van der Waals surface area contributed by atoms with E-state index in [0.29, 0.717) is 72.6 Å². The minimum absolute atomic E-state index is 0.0526. The second-order valence-electron chi connectivity index (χ2n) is 34.8. The number of aryl methyl sites for hydroxylation is 12. The highest BCUT2D eigenvalue weighted by molar-refractivity contribution is 5.88. The molecule has 11 rings (SSSR count). The van der Waals surface area contributed by atoms with Gasteiger partial charge in [0.2, 0.25) is 0 Å². The van der Waals surface area contributed by atoms with Crippen LogP contribution < -0.4 is 28.7 Å². The molecule has 10 heteroatoms. The molecule has 1 fully saturated rings. The van der Waals surface area contributed by atoms with Gasteiger partial charge in [-0.25, -0.2) is 0 Å². The van der Waals surface area contributed by atoms with Crippen LogP contribution in [0.25, 0.3) is 44.5 Å². The number of aliphatic hydroxyl groups is 2. The predicted octanol–water partition coefficient (Wildman–Crippen LogP) is 29.4. The number of aromatic hydroxyl groups is 2. The number of unbranched alkanes of at least 4 members (excludes halogenated alkanes) is 4. The van der Waals surface area contributed by atoms with Crippen molar-refractivity contribution in [2.45, 2.75) is 265 Å². The summed E-state index contributed by atoms with van der Waals surface area (Å²) < 4.78 is 26.0. The molecule has 0 heterocycles. The summed E-state index contributed by atoms with van der Waals surface area (Å²) in [6.07, 6.45) is 16.3. The first-order chi connectivity index (χ1) is 56.8. The molecule has 1 saturated carbocycles. The number of hydrogen-bond acceptors (Lipinski definition) is 10. The molecule has 1 aliphatic carbocycles. The van der Waals surface area contributed by atoms with Crippen molar-refractivity contribution in [1.82, 2.24) is 0 Å². The van der Waals surface area contributed by atoms with Crippen LogP contribution in [0, 0.1) is 107 Å². The van der Waals surface area contributed by atoms with Gasteiger partial charge in [-0.15, -0.1) is 0 Å². The van der Waals surface area contributed by atoms with E-state index in [0.717, 1.165) is 160 Å². The maximum absolute atomic E-state index is 12.5. The SMILES string of the molecule is CCCCC(CC)COc1cc(C)c(-c2ccc(N(c3ccc(C4C(O)C(c5ccc(N(c6ccc(-c7c(C)cc(OCC(CC)CCCC)cc7C)cc6C)c6ccc(-c7c(C)cc(OCC(CC)CCCC)cc7C)cc6C)cc5O)C4O)c(O)c3)c3ccc(-c4c(C)cc(OCC(CC)CCCC)cc4C)cc3C)c(C)c2)c(C)c1. The van der Waals surface area contributed by atoms with Gasteiger partial charge in [-0.1, -0.05) is 169 Å². The number of phenols is 2. The van der Waals surface area contributed by atoms with Gasteiger partial charge in [0.25, 0.3) is 0 Å². The standard InChI is InChI=1S/C108H138N2O8/c1-21-29-33-79(25-5)63-115-89-53-71(13)101(72(14)54-89)83-37-45-95(67(9)49-83)109(96-46-38-84(50-68(96)10)102-73(15)55-90(56-74(102)16)116-64-80(26-6)34-30-22-2)87-41-43-93(99(111)61-87)105-107(113)106(108(105)114)94-44-42-88(62-100(94)112)110(97-47-39-85(51-69(97)11)103-75(17)57-91(58-76(103)18)117-65-81(27-7)35-31-23-3)98-48-40-86(52-70(98)12)104-77(19)59-92(60-78(104)20)118-66-82(28-8)36-32-24-4/h37-62,79-82,105-108,111-114H,21-36,63-66H2,1-20H3. The number of benzene rings is 10. The number of aliphatic hydroxyl groups excluding tert-OH is 2. The Morgan fingerprint density at radius 1 is 0.280 bits per heavy atom. The first-order valence-corrected chi connectivity index (χ1v) is 44.8. The average molecular weight is 1590 g/mol. The van der Waals surface area contributed by atoms with Gasteiger partial charge in [0.15, 0.2) is 0 Å². The number of anilines is 6. The molecule has 10 aromatic carbocycles. The molecule has 0 aliphatic heterocycles.